The molecule has 6 nitrogen and oxygen atoms in total. The Labute approximate surface area is 92.6 Å². The molecule has 0 fully saturated rings. The average molecular weight is 223 g/mol. The quantitative estimate of drug-likeness (QED) is 0.437. The van der Waals surface area contributed by atoms with Gasteiger partial charge in [0.05, 0.1) is 0 Å². The van der Waals surface area contributed by atoms with Crippen molar-refractivity contribution in [3.05, 3.63) is 35.4 Å². The summed E-state index contributed by atoms with van der Waals surface area (Å²) in [6.45, 7) is 0.376. The molecular formula is C10H13N3O3. The van der Waals surface area contributed by atoms with Crippen molar-refractivity contribution in [3.8, 4) is 0 Å². The van der Waals surface area contributed by atoms with E-state index in [1.165, 1.54) is 7.05 Å². The van der Waals surface area contributed by atoms with E-state index in [4.69, 9.17) is 5.21 Å². The van der Waals surface area contributed by atoms with Crippen LogP contribution in [0.1, 0.15) is 15.9 Å². The summed E-state index contributed by atoms with van der Waals surface area (Å²) in [7, 11) is 1.53. The minimum atomic E-state index is -0.564. The predicted octanol–water partition coefficient (Wildman–Crippen LogP) is 0.235. The van der Waals surface area contributed by atoms with Gasteiger partial charge in [-0.15, -0.1) is 0 Å². The SMILES string of the molecule is CNC(=O)NCc1ccc(C(=O)NO)cc1. The molecule has 1 aromatic rings. The summed E-state index contributed by atoms with van der Waals surface area (Å²) >= 11 is 0. The standard InChI is InChI=1S/C10H13N3O3/c1-11-10(15)12-6-7-2-4-8(5-3-7)9(14)13-16/h2-5,16H,6H2,1H3,(H,13,14)(H2,11,12,15). The average Bonchev–Trinajstić information content (AvgIpc) is 2.35. The molecule has 0 atom stereocenters. The summed E-state index contributed by atoms with van der Waals surface area (Å²) in [4.78, 5) is 21.9. The second-order valence-corrected chi connectivity index (χ2v) is 3.07. The third-order valence-corrected chi connectivity index (χ3v) is 2.00. The number of amides is 3. The molecule has 3 amide bonds. The van der Waals surface area contributed by atoms with E-state index in [9.17, 15) is 9.59 Å². The smallest absolute Gasteiger partial charge is 0.314 e. The zero-order valence-electron chi connectivity index (χ0n) is 8.78. The summed E-state index contributed by atoms with van der Waals surface area (Å²) in [5.41, 5.74) is 2.75. The Kier molecular flexibility index (Phi) is 4.28. The Hall–Kier alpha value is -2.08. The van der Waals surface area contributed by atoms with Gasteiger partial charge in [-0.2, -0.15) is 0 Å². The number of urea groups is 1. The van der Waals surface area contributed by atoms with E-state index in [2.05, 4.69) is 10.6 Å². The number of benzene rings is 1. The van der Waals surface area contributed by atoms with Crippen LogP contribution in [0.4, 0.5) is 4.79 Å². The first kappa shape index (κ1) is 12.0. The lowest BCUT2D eigenvalue weighted by Gasteiger charge is -2.05. The fourth-order valence-electron chi connectivity index (χ4n) is 1.11. The van der Waals surface area contributed by atoms with Gasteiger partial charge in [-0.25, -0.2) is 10.3 Å². The minimum absolute atomic E-state index is 0.267. The number of hydrogen-bond donors (Lipinski definition) is 4. The van der Waals surface area contributed by atoms with E-state index in [0.29, 0.717) is 12.1 Å². The van der Waals surface area contributed by atoms with Gasteiger partial charge in [0, 0.05) is 19.2 Å². The van der Waals surface area contributed by atoms with Gasteiger partial charge >= 0.3 is 6.03 Å². The number of carbonyl (C=O) groups is 2. The van der Waals surface area contributed by atoms with E-state index >= 15 is 0 Å². The van der Waals surface area contributed by atoms with Gasteiger partial charge in [-0.3, -0.25) is 10.0 Å². The molecule has 16 heavy (non-hydrogen) atoms. The topological polar surface area (TPSA) is 90.5 Å². The highest BCUT2D eigenvalue weighted by atomic mass is 16.5. The molecule has 0 spiro atoms. The van der Waals surface area contributed by atoms with Gasteiger partial charge in [0.25, 0.3) is 5.91 Å². The fourth-order valence-corrected chi connectivity index (χ4v) is 1.11. The monoisotopic (exact) mass is 223 g/mol. The number of nitrogens with one attached hydrogen (secondary N) is 3. The van der Waals surface area contributed by atoms with Crippen LogP contribution in [0.2, 0.25) is 0 Å². The highest BCUT2D eigenvalue weighted by Crippen LogP contribution is 2.03. The maximum absolute atomic E-state index is 11.0. The van der Waals surface area contributed by atoms with E-state index in [1.807, 2.05) is 0 Å². The predicted molar refractivity (Wildman–Crippen MR) is 57.0 cm³/mol. The zero-order valence-corrected chi connectivity index (χ0v) is 8.78. The molecule has 0 saturated heterocycles. The molecule has 0 radical (unpaired) electrons. The molecular weight excluding hydrogens is 210 g/mol. The maximum atomic E-state index is 11.0. The van der Waals surface area contributed by atoms with Crippen LogP contribution in [0.3, 0.4) is 0 Å². The van der Waals surface area contributed by atoms with Crippen LogP contribution >= 0.6 is 0 Å². The van der Waals surface area contributed by atoms with E-state index < -0.39 is 5.91 Å². The van der Waals surface area contributed by atoms with Crippen molar-refractivity contribution < 1.29 is 14.8 Å². The number of rotatable bonds is 3. The van der Waals surface area contributed by atoms with Crippen molar-refractivity contribution in [1.82, 2.24) is 16.1 Å². The van der Waals surface area contributed by atoms with Crippen molar-refractivity contribution in [1.29, 1.82) is 0 Å². The molecule has 0 saturated carbocycles. The Morgan fingerprint density at radius 1 is 1.25 bits per heavy atom. The Morgan fingerprint density at radius 2 is 1.88 bits per heavy atom. The van der Waals surface area contributed by atoms with Crippen LogP contribution in [-0.4, -0.2) is 24.2 Å². The lowest BCUT2D eigenvalue weighted by Crippen LogP contribution is -2.32. The molecule has 6 heteroatoms. The molecule has 0 heterocycles. The fraction of sp³-hybridized carbons (Fsp3) is 0.200. The number of hydroxylamine groups is 1. The zero-order chi connectivity index (χ0) is 12.0. The molecule has 0 aliphatic heterocycles. The largest absolute Gasteiger partial charge is 0.341 e. The maximum Gasteiger partial charge on any atom is 0.314 e. The molecule has 0 aromatic heterocycles. The molecule has 0 aliphatic rings. The van der Waals surface area contributed by atoms with Crippen LogP contribution in [0.25, 0.3) is 0 Å². The summed E-state index contributed by atoms with van der Waals surface area (Å²) in [6.07, 6.45) is 0. The normalized spacial score (nSPS) is 9.38. The second-order valence-electron chi connectivity index (χ2n) is 3.07. The summed E-state index contributed by atoms with van der Waals surface area (Å²) in [6, 6.07) is 6.25. The molecule has 0 unspecified atom stereocenters. The number of carbonyl (C=O) groups excluding carboxylic acids is 2. The number of hydrogen-bond acceptors (Lipinski definition) is 3. The Bertz CT molecular complexity index is 375. The first-order valence-electron chi connectivity index (χ1n) is 4.66. The van der Waals surface area contributed by atoms with Crippen molar-refractivity contribution >= 4 is 11.9 Å². The van der Waals surface area contributed by atoms with E-state index in [-0.39, 0.29) is 6.03 Å². The lowest BCUT2D eigenvalue weighted by molar-refractivity contribution is 0.0706. The molecule has 0 bridgehead atoms. The Morgan fingerprint density at radius 3 is 2.38 bits per heavy atom. The van der Waals surface area contributed by atoms with Crippen LogP contribution in [0.15, 0.2) is 24.3 Å². The van der Waals surface area contributed by atoms with Gasteiger partial charge in [-0.05, 0) is 17.7 Å². The summed E-state index contributed by atoms with van der Waals surface area (Å²) in [5.74, 6) is -0.564. The molecule has 86 valence electrons. The van der Waals surface area contributed by atoms with Crippen molar-refractivity contribution in [2.75, 3.05) is 7.05 Å². The van der Waals surface area contributed by atoms with Crippen molar-refractivity contribution in [2.45, 2.75) is 6.54 Å². The molecule has 1 aromatic carbocycles. The molecule has 4 N–H and O–H groups in total. The van der Waals surface area contributed by atoms with Crippen LogP contribution < -0.4 is 16.1 Å². The first-order valence-corrected chi connectivity index (χ1v) is 4.66. The highest BCUT2D eigenvalue weighted by molar-refractivity contribution is 5.93. The van der Waals surface area contributed by atoms with Gasteiger partial charge in [-0.1, -0.05) is 12.1 Å². The summed E-state index contributed by atoms with van der Waals surface area (Å²) in [5, 5.41) is 13.4. The molecule has 1 rings (SSSR count). The van der Waals surface area contributed by atoms with Crippen LogP contribution in [0, 0.1) is 0 Å². The third kappa shape index (κ3) is 3.25. The minimum Gasteiger partial charge on any atom is -0.341 e. The van der Waals surface area contributed by atoms with Gasteiger partial charge in [0.15, 0.2) is 0 Å². The Balaban J connectivity index is 2.58. The van der Waals surface area contributed by atoms with Gasteiger partial charge in [0.1, 0.15) is 0 Å². The van der Waals surface area contributed by atoms with Gasteiger partial charge in [0.2, 0.25) is 0 Å². The summed E-state index contributed by atoms with van der Waals surface area (Å²) < 4.78 is 0. The van der Waals surface area contributed by atoms with Crippen molar-refractivity contribution in [2.24, 2.45) is 0 Å². The van der Waals surface area contributed by atoms with Gasteiger partial charge < -0.3 is 10.6 Å². The highest BCUT2D eigenvalue weighted by Gasteiger charge is 2.03. The first-order chi connectivity index (χ1) is 7.67. The van der Waals surface area contributed by atoms with Crippen LogP contribution in [0.5, 0.6) is 0 Å². The second kappa shape index (κ2) is 5.72. The molecule has 0 aliphatic carbocycles. The van der Waals surface area contributed by atoms with E-state index in [1.54, 1.807) is 29.7 Å². The third-order valence-electron chi connectivity index (χ3n) is 2.00. The van der Waals surface area contributed by atoms with Crippen LogP contribution in [-0.2, 0) is 6.54 Å². The van der Waals surface area contributed by atoms with E-state index in [0.717, 1.165) is 5.56 Å². The lowest BCUT2D eigenvalue weighted by atomic mass is 10.1. The van der Waals surface area contributed by atoms with Crippen molar-refractivity contribution in [3.63, 3.8) is 0 Å².